The van der Waals surface area contributed by atoms with E-state index in [0.29, 0.717) is 11.8 Å². The minimum absolute atomic E-state index is 0.260. The Bertz CT molecular complexity index is 319. The summed E-state index contributed by atoms with van der Waals surface area (Å²) in [4.78, 5) is 8.26. The van der Waals surface area contributed by atoms with Gasteiger partial charge in [-0.2, -0.15) is 4.98 Å². The monoisotopic (exact) mass is 212 g/mol. The van der Waals surface area contributed by atoms with Crippen molar-refractivity contribution in [3.63, 3.8) is 0 Å². The molecule has 1 atom stereocenters. The number of nitrogens with one attached hydrogen (secondary N) is 2. The topological polar surface area (TPSA) is 90.3 Å². The fourth-order valence-electron chi connectivity index (χ4n) is 1.06. The van der Waals surface area contributed by atoms with Gasteiger partial charge < -0.3 is 20.8 Å². The lowest BCUT2D eigenvalue weighted by Gasteiger charge is -2.10. The lowest BCUT2D eigenvalue weighted by atomic mass is 10.3. The van der Waals surface area contributed by atoms with E-state index in [-0.39, 0.29) is 13.2 Å². The first-order valence-corrected chi connectivity index (χ1v) is 4.72. The summed E-state index contributed by atoms with van der Waals surface area (Å²) in [5, 5.41) is 23.5. The van der Waals surface area contributed by atoms with Crippen LogP contribution in [-0.2, 0) is 0 Å². The average Bonchev–Trinajstić information content (AvgIpc) is 2.25. The van der Waals surface area contributed by atoms with Crippen LogP contribution in [0.2, 0.25) is 0 Å². The quantitative estimate of drug-likeness (QED) is 0.530. The Labute approximate surface area is 88.4 Å². The van der Waals surface area contributed by atoms with Gasteiger partial charge in [0.1, 0.15) is 5.82 Å². The molecular formula is C9H16N4O2. The van der Waals surface area contributed by atoms with Crippen molar-refractivity contribution in [1.82, 2.24) is 9.97 Å². The Morgan fingerprint density at radius 1 is 1.47 bits per heavy atom. The van der Waals surface area contributed by atoms with Crippen LogP contribution in [0.4, 0.5) is 11.8 Å². The van der Waals surface area contributed by atoms with Crippen LogP contribution in [-0.4, -0.2) is 46.5 Å². The van der Waals surface area contributed by atoms with Gasteiger partial charge in [0.25, 0.3) is 0 Å². The largest absolute Gasteiger partial charge is 0.394 e. The van der Waals surface area contributed by atoms with E-state index in [9.17, 15) is 0 Å². The molecule has 0 amide bonds. The highest BCUT2D eigenvalue weighted by molar-refractivity contribution is 5.41. The van der Waals surface area contributed by atoms with Gasteiger partial charge >= 0.3 is 0 Å². The maximum atomic E-state index is 9.14. The molecule has 1 aromatic rings. The van der Waals surface area contributed by atoms with Crippen molar-refractivity contribution in [1.29, 1.82) is 0 Å². The van der Waals surface area contributed by atoms with Crippen molar-refractivity contribution in [2.24, 2.45) is 0 Å². The zero-order chi connectivity index (χ0) is 11.3. The Balaban J connectivity index is 2.64. The molecule has 15 heavy (non-hydrogen) atoms. The number of nitrogens with zero attached hydrogens (tertiary/aromatic N) is 2. The predicted octanol–water partition coefficient (Wildman–Crippen LogP) is -0.408. The van der Waals surface area contributed by atoms with E-state index in [2.05, 4.69) is 20.6 Å². The van der Waals surface area contributed by atoms with Gasteiger partial charge in [0.2, 0.25) is 5.95 Å². The molecule has 0 aliphatic rings. The summed E-state index contributed by atoms with van der Waals surface area (Å²) in [5.41, 5.74) is 0.829. The number of aromatic nitrogens is 2. The van der Waals surface area contributed by atoms with Crippen molar-refractivity contribution in [3.8, 4) is 0 Å². The van der Waals surface area contributed by atoms with Gasteiger partial charge in [-0.25, -0.2) is 4.98 Å². The number of hydrogen-bond acceptors (Lipinski definition) is 6. The van der Waals surface area contributed by atoms with Gasteiger partial charge in [0.05, 0.1) is 12.7 Å². The normalized spacial score (nSPS) is 12.3. The van der Waals surface area contributed by atoms with Crippen molar-refractivity contribution in [2.75, 3.05) is 30.8 Å². The predicted molar refractivity (Wildman–Crippen MR) is 57.9 cm³/mol. The molecule has 1 rings (SSSR count). The Morgan fingerprint density at radius 3 is 2.80 bits per heavy atom. The van der Waals surface area contributed by atoms with E-state index in [1.807, 2.05) is 6.92 Å². The summed E-state index contributed by atoms with van der Waals surface area (Å²) in [6, 6.07) is 1.77. The molecule has 0 aliphatic carbocycles. The van der Waals surface area contributed by atoms with Crippen molar-refractivity contribution in [3.05, 3.63) is 11.8 Å². The number of aryl methyl sites for hydroxylation is 1. The summed E-state index contributed by atoms with van der Waals surface area (Å²) in [6.07, 6.45) is -0.779. The first kappa shape index (κ1) is 11.7. The molecule has 0 radical (unpaired) electrons. The molecule has 4 N–H and O–H groups in total. The number of aliphatic hydroxyl groups is 2. The minimum atomic E-state index is -0.779. The summed E-state index contributed by atoms with van der Waals surface area (Å²) in [5.74, 6) is 1.15. The standard InChI is InChI=1S/C9H16N4O2/c1-6-3-8(11-4-7(15)5-14)13-9(10-2)12-6/h3,7,14-15H,4-5H2,1-2H3,(H2,10,11,12,13). The van der Waals surface area contributed by atoms with Crippen LogP contribution in [0.3, 0.4) is 0 Å². The fourth-order valence-corrected chi connectivity index (χ4v) is 1.06. The van der Waals surface area contributed by atoms with Gasteiger partial charge in [-0.05, 0) is 6.92 Å². The maximum absolute atomic E-state index is 9.14. The third-order valence-electron chi connectivity index (χ3n) is 1.81. The fraction of sp³-hybridized carbons (Fsp3) is 0.556. The summed E-state index contributed by atoms with van der Waals surface area (Å²) in [6.45, 7) is 1.85. The molecule has 0 bridgehead atoms. The summed E-state index contributed by atoms with van der Waals surface area (Å²) < 4.78 is 0. The second-order valence-corrected chi connectivity index (χ2v) is 3.19. The van der Waals surface area contributed by atoms with Crippen molar-refractivity contribution < 1.29 is 10.2 Å². The second kappa shape index (κ2) is 5.47. The molecule has 0 aromatic carbocycles. The van der Waals surface area contributed by atoms with Crippen LogP contribution in [0, 0.1) is 6.92 Å². The third-order valence-corrected chi connectivity index (χ3v) is 1.81. The highest BCUT2D eigenvalue weighted by atomic mass is 16.3. The first-order valence-electron chi connectivity index (χ1n) is 4.72. The van der Waals surface area contributed by atoms with Gasteiger partial charge in [-0.15, -0.1) is 0 Å². The molecule has 6 nitrogen and oxygen atoms in total. The molecule has 1 unspecified atom stereocenters. The molecule has 0 spiro atoms. The van der Waals surface area contributed by atoms with Crippen LogP contribution in [0.25, 0.3) is 0 Å². The van der Waals surface area contributed by atoms with Crippen LogP contribution < -0.4 is 10.6 Å². The van der Waals surface area contributed by atoms with Crippen LogP contribution in [0.15, 0.2) is 6.07 Å². The zero-order valence-corrected chi connectivity index (χ0v) is 8.86. The number of aliphatic hydroxyl groups excluding tert-OH is 2. The van der Waals surface area contributed by atoms with Crippen LogP contribution >= 0.6 is 0 Å². The number of anilines is 2. The smallest absolute Gasteiger partial charge is 0.224 e. The van der Waals surface area contributed by atoms with Crippen molar-refractivity contribution >= 4 is 11.8 Å². The summed E-state index contributed by atoms with van der Waals surface area (Å²) in [7, 11) is 1.74. The lowest BCUT2D eigenvalue weighted by molar-refractivity contribution is 0.105. The molecule has 1 heterocycles. The molecular weight excluding hydrogens is 196 g/mol. The molecule has 0 aliphatic heterocycles. The molecule has 1 aromatic heterocycles. The molecule has 84 valence electrons. The van der Waals surface area contributed by atoms with Crippen LogP contribution in [0.1, 0.15) is 5.69 Å². The van der Waals surface area contributed by atoms with E-state index in [1.165, 1.54) is 0 Å². The second-order valence-electron chi connectivity index (χ2n) is 3.19. The van der Waals surface area contributed by atoms with Crippen LogP contribution in [0.5, 0.6) is 0 Å². The molecule has 0 saturated carbocycles. The number of rotatable bonds is 5. The Hall–Kier alpha value is -1.40. The summed E-state index contributed by atoms with van der Waals surface area (Å²) >= 11 is 0. The van der Waals surface area contributed by atoms with E-state index in [4.69, 9.17) is 10.2 Å². The highest BCUT2D eigenvalue weighted by Crippen LogP contribution is 2.08. The molecule has 6 heteroatoms. The van der Waals surface area contributed by atoms with Gasteiger partial charge in [-0.1, -0.05) is 0 Å². The van der Waals surface area contributed by atoms with E-state index < -0.39 is 6.10 Å². The first-order chi connectivity index (χ1) is 7.15. The Kier molecular flexibility index (Phi) is 4.26. The van der Waals surface area contributed by atoms with E-state index >= 15 is 0 Å². The van der Waals surface area contributed by atoms with E-state index in [1.54, 1.807) is 13.1 Å². The zero-order valence-electron chi connectivity index (χ0n) is 8.86. The van der Waals surface area contributed by atoms with E-state index in [0.717, 1.165) is 5.69 Å². The third kappa shape index (κ3) is 3.69. The lowest BCUT2D eigenvalue weighted by Crippen LogP contribution is -2.23. The maximum Gasteiger partial charge on any atom is 0.224 e. The average molecular weight is 212 g/mol. The van der Waals surface area contributed by atoms with Gasteiger partial charge in [-0.3, -0.25) is 0 Å². The number of hydrogen-bond donors (Lipinski definition) is 4. The SMILES string of the molecule is CNc1nc(C)cc(NCC(O)CO)n1. The molecule has 0 saturated heterocycles. The minimum Gasteiger partial charge on any atom is -0.394 e. The Morgan fingerprint density at radius 2 is 2.20 bits per heavy atom. The van der Waals surface area contributed by atoms with Crippen molar-refractivity contribution in [2.45, 2.75) is 13.0 Å². The van der Waals surface area contributed by atoms with Gasteiger partial charge in [0, 0.05) is 25.4 Å². The highest BCUT2D eigenvalue weighted by Gasteiger charge is 2.04. The van der Waals surface area contributed by atoms with Gasteiger partial charge in [0.15, 0.2) is 0 Å². The molecule has 0 fully saturated rings.